The fourth-order valence-corrected chi connectivity index (χ4v) is 1.40. The van der Waals surface area contributed by atoms with Crippen LogP contribution in [0.5, 0.6) is 0 Å². The van der Waals surface area contributed by atoms with E-state index in [0.29, 0.717) is 0 Å². The van der Waals surface area contributed by atoms with Crippen molar-refractivity contribution in [2.24, 2.45) is 5.73 Å². The third kappa shape index (κ3) is 3.29. The average molecular weight is 253 g/mol. The highest BCUT2D eigenvalue weighted by Crippen LogP contribution is 2.12. The predicted octanol–water partition coefficient (Wildman–Crippen LogP) is 0.0374. The van der Waals surface area contributed by atoms with E-state index >= 15 is 0 Å². The van der Waals surface area contributed by atoms with Crippen LogP contribution in [0.2, 0.25) is 0 Å². The van der Waals surface area contributed by atoms with Gasteiger partial charge >= 0.3 is 17.9 Å². The second-order valence-electron chi connectivity index (χ2n) is 3.68. The summed E-state index contributed by atoms with van der Waals surface area (Å²) in [6, 6.07) is 2.20. The Kier molecular flexibility index (Phi) is 4.01. The highest BCUT2D eigenvalue weighted by atomic mass is 16.4. The number of carboxylic acid groups (broad SMARTS) is 3. The summed E-state index contributed by atoms with van der Waals surface area (Å²) in [5.74, 6) is -3.82. The van der Waals surface area contributed by atoms with Crippen molar-refractivity contribution in [1.29, 1.82) is 0 Å². The van der Waals surface area contributed by atoms with Gasteiger partial charge in [0.1, 0.15) is 6.04 Å². The lowest BCUT2D eigenvalue weighted by Crippen LogP contribution is -2.32. The average Bonchev–Trinajstić information content (AvgIpc) is 2.28. The fourth-order valence-electron chi connectivity index (χ4n) is 1.40. The number of carbonyl (C=O) groups is 3. The molecule has 0 aliphatic heterocycles. The number of hydrogen-bond donors (Lipinski definition) is 4. The van der Waals surface area contributed by atoms with E-state index in [4.69, 9.17) is 21.1 Å². The minimum absolute atomic E-state index is 0.142. The highest BCUT2D eigenvalue weighted by Gasteiger charge is 2.16. The van der Waals surface area contributed by atoms with Crippen LogP contribution < -0.4 is 5.73 Å². The predicted molar refractivity (Wildman–Crippen MR) is 59.7 cm³/mol. The van der Waals surface area contributed by atoms with Crippen LogP contribution in [0.25, 0.3) is 0 Å². The zero-order valence-corrected chi connectivity index (χ0v) is 9.16. The van der Waals surface area contributed by atoms with Crippen molar-refractivity contribution < 1.29 is 29.7 Å². The first-order valence-corrected chi connectivity index (χ1v) is 4.90. The normalized spacial score (nSPS) is 11.8. The van der Waals surface area contributed by atoms with Crippen molar-refractivity contribution in [1.82, 2.24) is 0 Å². The van der Waals surface area contributed by atoms with Gasteiger partial charge in [-0.3, -0.25) is 4.79 Å². The van der Waals surface area contributed by atoms with E-state index in [2.05, 4.69) is 0 Å². The largest absolute Gasteiger partial charge is 0.480 e. The lowest BCUT2D eigenvalue weighted by atomic mass is 10.0. The Morgan fingerprint density at radius 1 is 1.00 bits per heavy atom. The zero-order chi connectivity index (χ0) is 13.9. The standard InChI is InChI=1S/C11H11NO6/c12-8(11(17)18)3-5-1-6(9(13)14)4-7(2-5)10(15)16/h1-2,4,8H,3,12H2,(H,13,14)(H,15,16)(H,17,18)/t8-/m0/s1. The molecule has 0 saturated carbocycles. The van der Waals surface area contributed by atoms with Gasteiger partial charge in [-0.05, 0) is 30.2 Å². The van der Waals surface area contributed by atoms with Gasteiger partial charge in [-0.1, -0.05) is 0 Å². The molecule has 0 fully saturated rings. The molecule has 0 aromatic heterocycles. The first-order valence-electron chi connectivity index (χ1n) is 4.90. The second-order valence-corrected chi connectivity index (χ2v) is 3.68. The monoisotopic (exact) mass is 253 g/mol. The van der Waals surface area contributed by atoms with Gasteiger partial charge in [0.05, 0.1) is 11.1 Å². The van der Waals surface area contributed by atoms with Crippen LogP contribution in [-0.2, 0) is 11.2 Å². The van der Waals surface area contributed by atoms with E-state index in [0.717, 1.165) is 6.07 Å². The molecule has 0 aliphatic rings. The summed E-state index contributed by atoms with van der Waals surface area (Å²) in [7, 11) is 0. The summed E-state index contributed by atoms with van der Waals surface area (Å²) in [6.07, 6.45) is -0.142. The Hall–Kier alpha value is -2.41. The van der Waals surface area contributed by atoms with Crippen LogP contribution in [0.3, 0.4) is 0 Å². The first-order chi connectivity index (χ1) is 8.31. The van der Waals surface area contributed by atoms with Crippen molar-refractivity contribution >= 4 is 17.9 Å². The molecule has 0 aliphatic carbocycles. The van der Waals surface area contributed by atoms with Crippen molar-refractivity contribution in [2.45, 2.75) is 12.5 Å². The van der Waals surface area contributed by atoms with Crippen molar-refractivity contribution in [3.8, 4) is 0 Å². The summed E-state index contributed by atoms with van der Waals surface area (Å²) in [5.41, 5.74) is 5.12. The summed E-state index contributed by atoms with van der Waals surface area (Å²) in [6.45, 7) is 0. The van der Waals surface area contributed by atoms with E-state index in [1.807, 2.05) is 0 Å². The molecule has 1 aromatic carbocycles. The minimum atomic E-state index is -1.29. The van der Waals surface area contributed by atoms with Gasteiger partial charge in [-0.2, -0.15) is 0 Å². The van der Waals surface area contributed by atoms with Gasteiger partial charge in [0, 0.05) is 0 Å². The topological polar surface area (TPSA) is 138 Å². The van der Waals surface area contributed by atoms with Crippen molar-refractivity contribution in [2.75, 3.05) is 0 Å². The number of nitrogens with two attached hydrogens (primary N) is 1. The molecule has 0 spiro atoms. The summed E-state index contributed by atoms with van der Waals surface area (Å²) >= 11 is 0. The number of aliphatic carboxylic acids is 1. The highest BCUT2D eigenvalue weighted by molar-refractivity contribution is 5.94. The number of aromatic carboxylic acids is 2. The Balaban J connectivity index is 3.15. The summed E-state index contributed by atoms with van der Waals surface area (Å²) in [5, 5.41) is 26.3. The molecule has 18 heavy (non-hydrogen) atoms. The van der Waals surface area contributed by atoms with Crippen molar-refractivity contribution in [3.63, 3.8) is 0 Å². The molecule has 0 heterocycles. The maximum atomic E-state index is 10.8. The summed E-state index contributed by atoms with van der Waals surface area (Å²) < 4.78 is 0. The molecule has 0 radical (unpaired) electrons. The molecule has 0 unspecified atom stereocenters. The van der Waals surface area contributed by atoms with E-state index in [-0.39, 0.29) is 23.1 Å². The second kappa shape index (κ2) is 5.28. The van der Waals surface area contributed by atoms with Gasteiger partial charge in [0.15, 0.2) is 0 Å². The number of carboxylic acids is 3. The van der Waals surface area contributed by atoms with Gasteiger partial charge < -0.3 is 21.1 Å². The molecule has 7 heteroatoms. The molecular weight excluding hydrogens is 242 g/mol. The molecule has 0 bridgehead atoms. The Bertz CT molecular complexity index is 478. The van der Waals surface area contributed by atoms with Crippen LogP contribution in [-0.4, -0.2) is 39.3 Å². The number of benzene rings is 1. The fraction of sp³-hybridized carbons (Fsp3) is 0.182. The molecule has 1 atom stereocenters. The Morgan fingerprint density at radius 3 is 1.78 bits per heavy atom. The van der Waals surface area contributed by atoms with Gasteiger partial charge in [-0.25, -0.2) is 9.59 Å². The molecule has 0 saturated heterocycles. The minimum Gasteiger partial charge on any atom is -0.480 e. The van der Waals surface area contributed by atoms with Crippen LogP contribution in [0.15, 0.2) is 18.2 Å². The lowest BCUT2D eigenvalue weighted by molar-refractivity contribution is -0.138. The molecular formula is C11H11NO6. The van der Waals surface area contributed by atoms with Crippen LogP contribution in [0, 0.1) is 0 Å². The maximum absolute atomic E-state index is 10.8. The third-order valence-corrected chi connectivity index (χ3v) is 2.26. The van der Waals surface area contributed by atoms with E-state index in [1.54, 1.807) is 0 Å². The number of hydrogen-bond acceptors (Lipinski definition) is 4. The van der Waals surface area contributed by atoms with E-state index in [1.165, 1.54) is 12.1 Å². The molecule has 96 valence electrons. The van der Waals surface area contributed by atoms with Crippen molar-refractivity contribution in [3.05, 3.63) is 34.9 Å². The van der Waals surface area contributed by atoms with Gasteiger partial charge in [0.2, 0.25) is 0 Å². The quantitative estimate of drug-likeness (QED) is 0.581. The van der Waals surface area contributed by atoms with Crippen LogP contribution in [0.4, 0.5) is 0 Å². The third-order valence-electron chi connectivity index (χ3n) is 2.26. The smallest absolute Gasteiger partial charge is 0.335 e. The molecule has 7 nitrogen and oxygen atoms in total. The van der Waals surface area contributed by atoms with E-state index in [9.17, 15) is 14.4 Å². The van der Waals surface area contributed by atoms with Gasteiger partial charge in [0.25, 0.3) is 0 Å². The molecule has 1 aromatic rings. The SMILES string of the molecule is N[C@@H](Cc1cc(C(=O)O)cc(C(=O)O)c1)C(=O)O. The molecule has 5 N–H and O–H groups in total. The molecule has 1 rings (SSSR count). The Labute approximate surface area is 101 Å². The van der Waals surface area contributed by atoms with Crippen LogP contribution >= 0.6 is 0 Å². The maximum Gasteiger partial charge on any atom is 0.335 e. The van der Waals surface area contributed by atoms with E-state index < -0.39 is 23.9 Å². The zero-order valence-electron chi connectivity index (χ0n) is 9.16. The van der Waals surface area contributed by atoms with Crippen LogP contribution in [0.1, 0.15) is 26.3 Å². The first kappa shape index (κ1) is 13.7. The summed E-state index contributed by atoms with van der Waals surface area (Å²) in [4.78, 5) is 32.2. The number of rotatable bonds is 5. The Morgan fingerprint density at radius 2 is 1.44 bits per heavy atom. The van der Waals surface area contributed by atoms with Gasteiger partial charge in [-0.15, -0.1) is 0 Å². The lowest BCUT2D eigenvalue weighted by Gasteiger charge is -2.08. The molecule has 0 amide bonds.